The lowest BCUT2D eigenvalue weighted by Gasteiger charge is -2.13. The molecule has 0 aliphatic rings. The first kappa shape index (κ1) is 42.0. The van der Waals surface area contributed by atoms with Crippen molar-refractivity contribution in [3.8, 4) is 5.75 Å². The second kappa shape index (κ2) is 32.9. The molecule has 0 bridgehead atoms. The predicted molar refractivity (Wildman–Crippen MR) is 204 cm³/mol. The lowest BCUT2D eigenvalue weighted by molar-refractivity contribution is 0.456. The highest BCUT2D eigenvalue weighted by atomic mass is 16.3. The molecule has 0 fully saturated rings. The van der Waals surface area contributed by atoms with Gasteiger partial charge in [-0.1, -0.05) is 226 Å². The maximum Gasteiger partial charge on any atom is 0.121 e. The van der Waals surface area contributed by atoms with E-state index in [2.05, 4.69) is 32.9 Å². The van der Waals surface area contributed by atoms with Crippen molar-refractivity contribution in [1.29, 1.82) is 0 Å². The molecular formula is C44H82O. The van der Waals surface area contributed by atoms with E-state index in [4.69, 9.17) is 0 Å². The van der Waals surface area contributed by atoms with E-state index in [-0.39, 0.29) is 0 Å². The lowest BCUT2D eigenvalue weighted by atomic mass is 9.95. The third-order valence-corrected chi connectivity index (χ3v) is 10.3. The average Bonchev–Trinajstić information content (AvgIpc) is 3.05. The molecule has 0 aliphatic heterocycles. The minimum atomic E-state index is 0.620. The summed E-state index contributed by atoms with van der Waals surface area (Å²) in [7, 11) is 0. The van der Waals surface area contributed by atoms with Crippen LogP contribution in [0, 0.1) is 0 Å². The van der Waals surface area contributed by atoms with Gasteiger partial charge in [0.1, 0.15) is 5.75 Å². The summed E-state index contributed by atoms with van der Waals surface area (Å²) in [5.41, 5.74) is 3.84. The Morgan fingerprint density at radius 2 is 0.556 bits per heavy atom. The normalized spacial score (nSPS) is 11.5. The van der Waals surface area contributed by atoms with E-state index in [0.29, 0.717) is 5.75 Å². The number of phenolic OH excluding ortho intramolecular Hbond substituents is 1. The molecule has 1 nitrogen and oxygen atoms in total. The monoisotopic (exact) mass is 627 g/mol. The van der Waals surface area contributed by atoms with Crippen LogP contribution in [0.5, 0.6) is 5.75 Å². The van der Waals surface area contributed by atoms with E-state index < -0.39 is 0 Å². The van der Waals surface area contributed by atoms with E-state index in [0.717, 1.165) is 19.3 Å². The summed E-state index contributed by atoms with van der Waals surface area (Å²) in [6.07, 6.45) is 48.2. The van der Waals surface area contributed by atoms with Crippen LogP contribution in [0.25, 0.3) is 0 Å². The molecular weight excluding hydrogens is 544 g/mol. The topological polar surface area (TPSA) is 20.2 Å². The van der Waals surface area contributed by atoms with Gasteiger partial charge in [-0.15, -0.1) is 0 Å². The molecule has 0 aliphatic carbocycles. The van der Waals surface area contributed by atoms with Crippen LogP contribution >= 0.6 is 0 Å². The van der Waals surface area contributed by atoms with Crippen molar-refractivity contribution in [3.63, 3.8) is 0 Å². The summed E-state index contributed by atoms with van der Waals surface area (Å²) in [6.45, 7) is 6.86. The third-order valence-electron chi connectivity index (χ3n) is 10.3. The summed E-state index contributed by atoms with van der Waals surface area (Å²) in [5.74, 6) is 0.620. The van der Waals surface area contributed by atoms with Crippen LogP contribution in [0.4, 0.5) is 0 Å². The standard InChI is InChI=1S/C44H82O/c1-4-7-9-11-13-15-17-19-21-23-25-27-29-31-33-35-37-42-39-41(6-3)40-43(44(42)45)38-36-34-32-30-28-26-24-22-20-18-16-14-12-10-8-5-2/h39-40,45H,4-38H2,1-3H3. The van der Waals surface area contributed by atoms with Crippen LogP contribution in [0.15, 0.2) is 12.1 Å². The Morgan fingerprint density at radius 1 is 0.333 bits per heavy atom. The van der Waals surface area contributed by atoms with Crippen molar-refractivity contribution in [2.75, 3.05) is 0 Å². The number of phenols is 1. The van der Waals surface area contributed by atoms with Gasteiger partial charge in [0, 0.05) is 0 Å². The molecule has 0 atom stereocenters. The molecule has 0 radical (unpaired) electrons. The van der Waals surface area contributed by atoms with Crippen molar-refractivity contribution < 1.29 is 5.11 Å². The van der Waals surface area contributed by atoms with Gasteiger partial charge in [-0.3, -0.25) is 0 Å². The molecule has 0 saturated carbocycles. The lowest BCUT2D eigenvalue weighted by Crippen LogP contribution is -1.96. The second-order valence-corrected chi connectivity index (χ2v) is 14.7. The van der Waals surface area contributed by atoms with Crippen LogP contribution in [0.1, 0.15) is 243 Å². The molecule has 0 saturated heterocycles. The molecule has 1 aromatic rings. The number of rotatable bonds is 35. The predicted octanol–water partition coefficient (Wildman–Crippen LogP) is 15.6. The zero-order valence-electron chi connectivity index (χ0n) is 31.4. The minimum absolute atomic E-state index is 0.620. The molecule has 0 heterocycles. The zero-order chi connectivity index (χ0) is 32.5. The Morgan fingerprint density at radius 3 is 0.778 bits per heavy atom. The highest BCUT2D eigenvalue weighted by molar-refractivity contribution is 5.44. The van der Waals surface area contributed by atoms with Crippen LogP contribution in [-0.2, 0) is 19.3 Å². The van der Waals surface area contributed by atoms with Crippen LogP contribution < -0.4 is 0 Å². The fourth-order valence-corrected chi connectivity index (χ4v) is 7.14. The molecule has 0 spiro atoms. The third kappa shape index (κ3) is 25.8. The smallest absolute Gasteiger partial charge is 0.121 e. The van der Waals surface area contributed by atoms with E-state index in [1.165, 1.54) is 222 Å². The summed E-state index contributed by atoms with van der Waals surface area (Å²) in [6, 6.07) is 4.58. The molecule has 45 heavy (non-hydrogen) atoms. The SMILES string of the molecule is CCCCCCCCCCCCCCCCCCc1cc(CC)cc(CCCCCCCCCCCCCCCCCC)c1O. The van der Waals surface area contributed by atoms with Crippen LogP contribution in [0.2, 0.25) is 0 Å². The quantitative estimate of drug-likeness (QED) is 0.0743. The van der Waals surface area contributed by atoms with Crippen molar-refractivity contribution in [2.45, 2.75) is 245 Å². The van der Waals surface area contributed by atoms with Crippen LogP contribution in [0.3, 0.4) is 0 Å². The van der Waals surface area contributed by atoms with Gasteiger partial charge in [-0.05, 0) is 48.8 Å². The average molecular weight is 627 g/mol. The maximum atomic E-state index is 11.1. The summed E-state index contributed by atoms with van der Waals surface area (Å²) in [5, 5.41) is 11.1. The maximum absolute atomic E-state index is 11.1. The van der Waals surface area contributed by atoms with Crippen LogP contribution in [-0.4, -0.2) is 5.11 Å². The Kier molecular flexibility index (Phi) is 30.8. The van der Waals surface area contributed by atoms with Crippen molar-refractivity contribution in [3.05, 3.63) is 28.8 Å². The molecule has 1 N–H and O–H groups in total. The Labute approximate surface area is 284 Å². The van der Waals surface area contributed by atoms with Crippen molar-refractivity contribution in [1.82, 2.24) is 0 Å². The molecule has 264 valence electrons. The van der Waals surface area contributed by atoms with E-state index in [1.807, 2.05) is 0 Å². The molecule has 0 amide bonds. The Balaban J connectivity index is 2.04. The van der Waals surface area contributed by atoms with Gasteiger partial charge >= 0.3 is 0 Å². The summed E-state index contributed by atoms with van der Waals surface area (Å²) < 4.78 is 0. The Hall–Kier alpha value is -0.980. The fraction of sp³-hybridized carbons (Fsp3) is 0.864. The summed E-state index contributed by atoms with van der Waals surface area (Å²) >= 11 is 0. The first-order chi connectivity index (χ1) is 22.2. The van der Waals surface area contributed by atoms with Gasteiger partial charge in [0.05, 0.1) is 0 Å². The highest BCUT2D eigenvalue weighted by Gasteiger charge is 2.10. The molecule has 0 aromatic heterocycles. The van der Waals surface area contributed by atoms with Gasteiger partial charge in [-0.25, -0.2) is 0 Å². The van der Waals surface area contributed by atoms with Gasteiger partial charge in [0.15, 0.2) is 0 Å². The second-order valence-electron chi connectivity index (χ2n) is 14.7. The van der Waals surface area contributed by atoms with Gasteiger partial charge in [-0.2, -0.15) is 0 Å². The first-order valence-electron chi connectivity index (χ1n) is 21.1. The number of aromatic hydroxyl groups is 1. The first-order valence-corrected chi connectivity index (χ1v) is 21.1. The largest absolute Gasteiger partial charge is 0.507 e. The number of unbranched alkanes of at least 4 members (excludes halogenated alkanes) is 30. The number of benzene rings is 1. The number of hydrogen-bond donors (Lipinski definition) is 1. The van der Waals surface area contributed by atoms with Crippen molar-refractivity contribution >= 4 is 0 Å². The molecule has 1 heteroatoms. The zero-order valence-corrected chi connectivity index (χ0v) is 31.4. The number of hydrogen-bond acceptors (Lipinski definition) is 1. The van der Waals surface area contributed by atoms with E-state index >= 15 is 0 Å². The molecule has 1 aromatic carbocycles. The highest BCUT2D eigenvalue weighted by Crippen LogP contribution is 2.29. The minimum Gasteiger partial charge on any atom is -0.507 e. The number of aryl methyl sites for hydroxylation is 3. The van der Waals surface area contributed by atoms with Gasteiger partial charge in [0.25, 0.3) is 0 Å². The van der Waals surface area contributed by atoms with Crippen molar-refractivity contribution in [2.24, 2.45) is 0 Å². The van der Waals surface area contributed by atoms with Gasteiger partial charge < -0.3 is 5.11 Å². The van der Waals surface area contributed by atoms with E-state index in [1.54, 1.807) is 0 Å². The Bertz CT molecular complexity index is 679. The molecule has 0 unspecified atom stereocenters. The summed E-state index contributed by atoms with van der Waals surface area (Å²) in [4.78, 5) is 0. The fourth-order valence-electron chi connectivity index (χ4n) is 7.14. The molecule has 1 rings (SSSR count). The van der Waals surface area contributed by atoms with Gasteiger partial charge in [0.2, 0.25) is 0 Å². The van der Waals surface area contributed by atoms with E-state index in [9.17, 15) is 5.11 Å².